The lowest BCUT2D eigenvalue weighted by atomic mass is 10.4. The van der Waals surface area contributed by atoms with Gasteiger partial charge in [0.05, 0.1) is 11.2 Å². The summed E-state index contributed by atoms with van der Waals surface area (Å²) < 4.78 is 25.9. The van der Waals surface area contributed by atoms with Crippen LogP contribution >= 0.6 is 11.3 Å². The largest absolute Gasteiger partial charge is 0.409 e. The number of sulfonamides is 1. The zero-order valence-electron chi connectivity index (χ0n) is 10.2. The Hall–Kier alpha value is -1.19. The van der Waals surface area contributed by atoms with Crippen LogP contribution in [0.5, 0.6) is 0 Å². The van der Waals surface area contributed by atoms with Gasteiger partial charge in [-0.1, -0.05) is 12.1 Å². The lowest BCUT2D eigenvalue weighted by Gasteiger charge is -2.18. The second kappa shape index (κ2) is 6.12. The van der Waals surface area contributed by atoms with E-state index >= 15 is 0 Å². The van der Waals surface area contributed by atoms with Crippen LogP contribution < -0.4 is 5.73 Å². The van der Waals surface area contributed by atoms with E-state index < -0.39 is 10.0 Å². The Morgan fingerprint density at radius 3 is 2.78 bits per heavy atom. The summed E-state index contributed by atoms with van der Waals surface area (Å²) in [5.41, 5.74) is 5.33. The molecule has 0 radical (unpaired) electrons. The first-order chi connectivity index (χ1) is 8.41. The molecule has 0 aromatic carbocycles. The number of oxime groups is 1. The topological polar surface area (TPSA) is 109 Å². The Balaban J connectivity index is 2.87. The monoisotopic (exact) mass is 292 g/mol. The summed E-state index contributed by atoms with van der Waals surface area (Å²) in [6.45, 7) is 3.97. The molecule has 0 spiro atoms. The van der Waals surface area contributed by atoms with Gasteiger partial charge in [-0.3, -0.25) is 0 Å². The fraction of sp³-hybridized carbons (Fsp3) is 0.556. The predicted molar refractivity (Wildman–Crippen MR) is 69.3 cm³/mol. The average molecular weight is 292 g/mol. The molecule has 0 bridgehead atoms. The molecule has 7 nitrogen and oxygen atoms in total. The highest BCUT2D eigenvalue weighted by Gasteiger charge is 2.25. The second-order valence-corrected chi connectivity index (χ2v) is 6.94. The molecular formula is C9H16N4O3S2. The van der Waals surface area contributed by atoms with E-state index in [1.807, 2.05) is 0 Å². The Morgan fingerprint density at radius 1 is 1.67 bits per heavy atom. The number of rotatable bonds is 6. The maximum atomic E-state index is 12.2. The van der Waals surface area contributed by atoms with Crippen LogP contribution in [0, 0.1) is 6.92 Å². The minimum Gasteiger partial charge on any atom is -0.409 e. The molecule has 0 unspecified atom stereocenters. The van der Waals surface area contributed by atoms with Crippen LogP contribution in [0.3, 0.4) is 0 Å². The van der Waals surface area contributed by atoms with E-state index in [2.05, 4.69) is 10.1 Å². The quantitative estimate of drug-likeness (QED) is 0.345. The number of hydrogen-bond donors (Lipinski definition) is 2. The zero-order chi connectivity index (χ0) is 13.8. The molecule has 0 saturated heterocycles. The number of nitrogens with zero attached hydrogens (tertiary/aromatic N) is 3. The first kappa shape index (κ1) is 14.9. The van der Waals surface area contributed by atoms with Crippen molar-refractivity contribution in [2.45, 2.75) is 24.5 Å². The maximum absolute atomic E-state index is 12.2. The third-order valence-corrected chi connectivity index (χ3v) is 5.62. The standard InChI is InChI=1S/C9H16N4O3S2/c1-3-13(5-4-8(10)12-14)18(15,16)9-6-11-7(2)17-9/h6,14H,3-5H2,1-2H3,(H2,10,12). The Labute approximate surface area is 110 Å². The Bertz CT molecular complexity index is 524. The highest BCUT2D eigenvalue weighted by atomic mass is 32.2. The number of aromatic nitrogens is 1. The molecule has 18 heavy (non-hydrogen) atoms. The Morgan fingerprint density at radius 2 is 2.33 bits per heavy atom. The smallest absolute Gasteiger partial charge is 0.254 e. The first-order valence-corrected chi connectivity index (χ1v) is 7.56. The summed E-state index contributed by atoms with van der Waals surface area (Å²) in [4.78, 5) is 3.94. The van der Waals surface area contributed by atoms with Gasteiger partial charge in [0.2, 0.25) is 0 Å². The molecule has 0 aliphatic heterocycles. The maximum Gasteiger partial charge on any atom is 0.254 e. The van der Waals surface area contributed by atoms with Gasteiger partial charge < -0.3 is 10.9 Å². The molecule has 0 saturated carbocycles. The van der Waals surface area contributed by atoms with Gasteiger partial charge in [-0.05, 0) is 6.92 Å². The molecule has 0 fully saturated rings. The van der Waals surface area contributed by atoms with Crippen LogP contribution in [0.1, 0.15) is 18.4 Å². The molecule has 1 aromatic heterocycles. The van der Waals surface area contributed by atoms with Crippen LogP contribution in [0.15, 0.2) is 15.6 Å². The fourth-order valence-corrected chi connectivity index (χ4v) is 4.04. The minimum absolute atomic E-state index is 0.00383. The van der Waals surface area contributed by atoms with E-state index in [9.17, 15) is 8.42 Å². The molecule has 102 valence electrons. The predicted octanol–water partition coefficient (Wildman–Crippen LogP) is 0.599. The zero-order valence-corrected chi connectivity index (χ0v) is 11.8. The van der Waals surface area contributed by atoms with E-state index in [0.717, 1.165) is 11.3 Å². The van der Waals surface area contributed by atoms with Crippen molar-refractivity contribution in [1.29, 1.82) is 0 Å². The van der Waals surface area contributed by atoms with Crippen molar-refractivity contribution in [1.82, 2.24) is 9.29 Å². The van der Waals surface area contributed by atoms with Crippen LogP contribution in [0.4, 0.5) is 0 Å². The molecule has 0 aliphatic carbocycles. The van der Waals surface area contributed by atoms with Crippen molar-refractivity contribution in [2.75, 3.05) is 13.1 Å². The van der Waals surface area contributed by atoms with E-state index in [0.29, 0.717) is 11.6 Å². The molecule has 1 rings (SSSR count). The van der Waals surface area contributed by atoms with Crippen LogP contribution in [0.25, 0.3) is 0 Å². The summed E-state index contributed by atoms with van der Waals surface area (Å²) in [6.07, 6.45) is 1.53. The number of nitrogens with two attached hydrogens (primary N) is 1. The van der Waals surface area contributed by atoms with Gasteiger partial charge in [-0.15, -0.1) is 11.3 Å². The molecule has 9 heteroatoms. The molecule has 0 atom stereocenters. The van der Waals surface area contributed by atoms with Gasteiger partial charge in [0.15, 0.2) is 4.21 Å². The van der Waals surface area contributed by atoms with Gasteiger partial charge in [0.25, 0.3) is 10.0 Å². The summed E-state index contributed by atoms with van der Waals surface area (Å²) in [5, 5.41) is 11.9. The van der Waals surface area contributed by atoms with Crippen molar-refractivity contribution in [3.63, 3.8) is 0 Å². The van der Waals surface area contributed by atoms with Crippen LogP contribution in [-0.4, -0.2) is 41.8 Å². The van der Waals surface area contributed by atoms with Crippen molar-refractivity contribution in [2.24, 2.45) is 10.9 Å². The van der Waals surface area contributed by atoms with Crippen molar-refractivity contribution < 1.29 is 13.6 Å². The van der Waals surface area contributed by atoms with E-state index in [-0.39, 0.29) is 23.0 Å². The fourth-order valence-electron chi connectivity index (χ4n) is 1.33. The number of aryl methyl sites for hydroxylation is 1. The highest BCUT2D eigenvalue weighted by molar-refractivity contribution is 7.91. The summed E-state index contributed by atoms with van der Waals surface area (Å²) >= 11 is 1.13. The molecule has 0 aliphatic rings. The van der Waals surface area contributed by atoms with Gasteiger partial charge in [-0.2, -0.15) is 4.31 Å². The van der Waals surface area contributed by atoms with Gasteiger partial charge >= 0.3 is 0 Å². The lowest BCUT2D eigenvalue weighted by molar-refractivity contribution is 0.315. The summed E-state index contributed by atoms with van der Waals surface area (Å²) in [6, 6.07) is 0. The number of thiazole rings is 1. The van der Waals surface area contributed by atoms with E-state index in [4.69, 9.17) is 10.9 Å². The molecule has 0 amide bonds. The summed E-state index contributed by atoms with van der Waals surface area (Å²) in [5.74, 6) is 0.00383. The summed E-state index contributed by atoms with van der Waals surface area (Å²) in [7, 11) is -3.54. The van der Waals surface area contributed by atoms with Crippen LogP contribution in [-0.2, 0) is 10.0 Å². The SMILES string of the molecule is CCN(CCC(N)=NO)S(=O)(=O)c1cnc(C)s1. The second-order valence-electron chi connectivity index (χ2n) is 3.54. The lowest BCUT2D eigenvalue weighted by Crippen LogP contribution is -2.33. The van der Waals surface area contributed by atoms with Gasteiger partial charge in [-0.25, -0.2) is 13.4 Å². The van der Waals surface area contributed by atoms with E-state index in [1.54, 1.807) is 13.8 Å². The average Bonchev–Trinajstić information content (AvgIpc) is 2.76. The first-order valence-electron chi connectivity index (χ1n) is 5.30. The molecule has 3 N–H and O–H groups in total. The normalized spacial score (nSPS) is 13.2. The molecule has 1 heterocycles. The van der Waals surface area contributed by atoms with Crippen molar-refractivity contribution in [3.8, 4) is 0 Å². The highest BCUT2D eigenvalue weighted by Crippen LogP contribution is 2.22. The number of amidine groups is 1. The van der Waals surface area contributed by atoms with Gasteiger partial charge in [0.1, 0.15) is 5.84 Å². The molecular weight excluding hydrogens is 276 g/mol. The number of hydrogen-bond acceptors (Lipinski definition) is 6. The van der Waals surface area contributed by atoms with E-state index in [1.165, 1.54) is 10.5 Å². The molecule has 1 aromatic rings. The third kappa shape index (κ3) is 3.40. The minimum atomic E-state index is -3.54. The van der Waals surface area contributed by atoms with Crippen molar-refractivity contribution >= 4 is 27.2 Å². The van der Waals surface area contributed by atoms with Crippen LogP contribution in [0.2, 0.25) is 0 Å². The van der Waals surface area contributed by atoms with Gasteiger partial charge in [0, 0.05) is 19.5 Å². The Kier molecular flexibility index (Phi) is 5.05. The van der Waals surface area contributed by atoms with Crippen molar-refractivity contribution in [3.05, 3.63) is 11.2 Å². The third-order valence-electron chi connectivity index (χ3n) is 2.29.